The van der Waals surface area contributed by atoms with Gasteiger partial charge in [-0.2, -0.15) is 0 Å². The van der Waals surface area contributed by atoms with E-state index in [2.05, 4.69) is 15.0 Å². The van der Waals surface area contributed by atoms with E-state index in [4.69, 9.17) is 9.63 Å². The van der Waals surface area contributed by atoms with Gasteiger partial charge in [-0.3, -0.25) is 0 Å². The molecule has 1 aromatic heterocycles. The molecule has 1 aliphatic heterocycles. The SMILES string of the molecule is CN1CCN(C)c2c(-c3cc(C(=O)O)no3)cccc21. The number of rotatable bonds is 2. The Morgan fingerprint density at radius 3 is 2.75 bits per heavy atom. The smallest absolute Gasteiger partial charge is 0.358 e. The summed E-state index contributed by atoms with van der Waals surface area (Å²) in [4.78, 5) is 15.2. The van der Waals surface area contributed by atoms with Crippen molar-refractivity contribution in [3.8, 4) is 11.3 Å². The van der Waals surface area contributed by atoms with E-state index < -0.39 is 5.97 Å². The van der Waals surface area contributed by atoms with Gasteiger partial charge < -0.3 is 19.4 Å². The lowest BCUT2D eigenvalue weighted by Crippen LogP contribution is -2.37. The summed E-state index contributed by atoms with van der Waals surface area (Å²) in [5.74, 6) is -0.614. The maximum absolute atomic E-state index is 10.9. The van der Waals surface area contributed by atoms with Crippen molar-refractivity contribution in [2.75, 3.05) is 37.0 Å². The van der Waals surface area contributed by atoms with Gasteiger partial charge in [-0.15, -0.1) is 0 Å². The summed E-state index contributed by atoms with van der Waals surface area (Å²) in [5.41, 5.74) is 2.92. The quantitative estimate of drug-likeness (QED) is 0.901. The molecule has 0 saturated carbocycles. The third-order valence-corrected chi connectivity index (χ3v) is 3.57. The summed E-state index contributed by atoms with van der Waals surface area (Å²) in [6.07, 6.45) is 0. The molecule has 6 nitrogen and oxygen atoms in total. The van der Waals surface area contributed by atoms with Gasteiger partial charge in [0.05, 0.1) is 11.4 Å². The third-order valence-electron chi connectivity index (χ3n) is 3.57. The molecule has 2 heterocycles. The van der Waals surface area contributed by atoms with Crippen LogP contribution >= 0.6 is 0 Å². The highest BCUT2D eigenvalue weighted by Crippen LogP contribution is 2.40. The molecule has 2 aromatic rings. The van der Waals surface area contributed by atoms with Crippen LogP contribution in [0, 0.1) is 0 Å². The van der Waals surface area contributed by atoms with Gasteiger partial charge in [0, 0.05) is 38.8 Å². The maximum atomic E-state index is 10.9. The fourth-order valence-corrected chi connectivity index (χ4v) is 2.47. The highest BCUT2D eigenvalue weighted by atomic mass is 16.5. The van der Waals surface area contributed by atoms with Crippen molar-refractivity contribution in [2.24, 2.45) is 0 Å². The van der Waals surface area contributed by atoms with Crippen molar-refractivity contribution in [3.05, 3.63) is 30.0 Å². The van der Waals surface area contributed by atoms with E-state index in [1.165, 1.54) is 6.07 Å². The van der Waals surface area contributed by atoms with Gasteiger partial charge >= 0.3 is 5.97 Å². The van der Waals surface area contributed by atoms with E-state index in [9.17, 15) is 4.79 Å². The number of para-hydroxylation sites is 1. The highest BCUT2D eigenvalue weighted by Gasteiger charge is 2.23. The van der Waals surface area contributed by atoms with Gasteiger partial charge in [0.15, 0.2) is 11.5 Å². The number of benzene rings is 1. The molecule has 1 aliphatic rings. The van der Waals surface area contributed by atoms with Gasteiger partial charge in [-0.25, -0.2) is 4.79 Å². The zero-order valence-electron chi connectivity index (χ0n) is 11.3. The Kier molecular flexibility index (Phi) is 2.85. The van der Waals surface area contributed by atoms with Crippen molar-refractivity contribution < 1.29 is 14.4 Å². The predicted molar refractivity (Wildman–Crippen MR) is 75.4 cm³/mol. The van der Waals surface area contributed by atoms with Crippen LogP contribution in [-0.4, -0.2) is 43.4 Å². The number of anilines is 2. The lowest BCUT2D eigenvalue weighted by atomic mass is 10.0. The Bertz CT molecular complexity index is 665. The topological polar surface area (TPSA) is 69.8 Å². The Labute approximate surface area is 116 Å². The van der Waals surface area contributed by atoms with Crippen molar-refractivity contribution in [1.82, 2.24) is 5.16 Å². The van der Waals surface area contributed by atoms with Crippen LogP contribution in [0.4, 0.5) is 11.4 Å². The monoisotopic (exact) mass is 273 g/mol. The van der Waals surface area contributed by atoms with Gasteiger partial charge in [0.1, 0.15) is 0 Å². The molecule has 20 heavy (non-hydrogen) atoms. The molecular formula is C14H15N3O3. The molecule has 0 aliphatic carbocycles. The van der Waals surface area contributed by atoms with E-state index in [0.717, 1.165) is 30.0 Å². The Morgan fingerprint density at radius 2 is 2.05 bits per heavy atom. The van der Waals surface area contributed by atoms with Gasteiger partial charge in [0.2, 0.25) is 0 Å². The molecule has 6 heteroatoms. The number of likely N-dealkylation sites (N-methyl/N-ethyl adjacent to an activating group) is 2. The van der Waals surface area contributed by atoms with E-state index in [1.807, 2.05) is 32.3 Å². The predicted octanol–water partition coefficient (Wildman–Crippen LogP) is 1.93. The first kappa shape index (κ1) is 12.5. The second-order valence-electron chi connectivity index (χ2n) is 4.90. The minimum Gasteiger partial charge on any atom is -0.476 e. The van der Waals surface area contributed by atoms with E-state index in [0.29, 0.717) is 5.76 Å². The minimum absolute atomic E-state index is 0.0792. The first-order valence-corrected chi connectivity index (χ1v) is 6.33. The van der Waals surface area contributed by atoms with Crippen LogP contribution < -0.4 is 9.80 Å². The normalized spacial score (nSPS) is 14.3. The Hall–Kier alpha value is -2.50. The van der Waals surface area contributed by atoms with Crippen LogP contribution in [0.25, 0.3) is 11.3 Å². The van der Waals surface area contributed by atoms with Gasteiger partial charge in [-0.05, 0) is 12.1 Å². The number of hydrogen-bond acceptors (Lipinski definition) is 5. The molecule has 0 atom stereocenters. The minimum atomic E-state index is -1.09. The van der Waals surface area contributed by atoms with E-state index in [1.54, 1.807) is 0 Å². The van der Waals surface area contributed by atoms with Gasteiger partial charge in [0.25, 0.3) is 0 Å². The molecule has 0 radical (unpaired) electrons. The zero-order chi connectivity index (χ0) is 14.3. The third kappa shape index (κ3) is 1.89. The molecule has 1 aromatic carbocycles. The van der Waals surface area contributed by atoms with Crippen LogP contribution in [0.1, 0.15) is 10.5 Å². The van der Waals surface area contributed by atoms with Crippen LogP contribution in [0.5, 0.6) is 0 Å². The number of nitrogens with zero attached hydrogens (tertiary/aromatic N) is 3. The zero-order valence-corrected chi connectivity index (χ0v) is 11.3. The summed E-state index contributed by atoms with van der Waals surface area (Å²) >= 11 is 0. The summed E-state index contributed by atoms with van der Waals surface area (Å²) in [6.45, 7) is 1.85. The summed E-state index contributed by atoms with van der Waals surface area (Å²) < 4.78 is 5.19. The van der Waals surface area contributed by atoms with Crippen molar-refractivity contribution in [2.45, 2.75) is 0 Å². The average molecular weight is 273 g/mol. The summed E-state index contributed by atoms with van der Waals surface area (Å²) in [5, 5.41) is 12.5. The van der Waals surface area contributed by atoms with Crippen LogP contribution in [0.3, 0.4) is 0 Å². The van der Waals surface area contributed by atoms with Crippen molar-refractivity contribution in [1.29, 1.82) is 0 Å². The number of carboxylic acid groups (broad SMARTS) is 1. The molecule has 104 valence electrons. The summed E-state index contributed by atoms with van der Waals surface area (Å²) in [6, 6.07) is 7.36. The molecule has 0 bridgehead atoms. The largest absolute Gasteiger partial charge is 0.476 e. The number of aromatic nitrogens is 1. The number of carbonyl (C=O) groups is 1. The van der Waals surface area contributed by atoms with Crippen LogP contribution in [-0.2, 0) is 0 Å². The molecule has 0 unspecified atom stereocenters. The first-order chi connectivity index (χ1) is 9.58. The first-order valence-electron chi connectivity index (χ1n) is 6.33. The molecule has 0 spiro atoms. The molecular weight excluding hydrogens is 258 g/mol. The lowest BCUT2D eigenvalue weighted by molar-refractivity contribution is 0.0686. The molecule has 0 amide bonds. The van der Waals surface area contributed by atoms with Crippen LogP contribution in [0.15, 0.2) is 28.8 Å². The number of carboxylic acids is 1. The van der Waals surface area contributed by atoms with Crippen molar-refractivity contribution in [3.63, 3.8) is 0 Å². The maximum Gasteiger partial charge on any atom is 0.358 e. The fraction of sp³-hybridized carbons (Fsp3) is 0.286. The molecule has 0 fully saturated rings. The fourth-order valence-electron chi connectivity index (χ4n) is 2.47. The lowest BCUT2D eigenvalue weighted by Gasteiger charge is -2.35. The number of hydrogen-bond donors (Lipinski definition) is 1. The van der Waals surface area contributed by atoms with Crippen molar-refractivity contribution >= 4 is 17.3 Å². The molecule has 3 rings (SSSR count). The standard InChI is InChI=1S/C14H15N3O3/c1-16-6-7-17(2)13-9(4-3-5-11(13)16)12-8-10(14(18)19)15-20-12/h3-5,8H,6-7H2,1-2H3,(H,18,19). The molecule has 1 N–H and O–H groups in total. The number of fused-ring (bicyclic) bond motifs is 1. The Morgan fingerprint density at radius 1 is 1.30 bits per heavy atom. The van der Waals surface area contributed by atoms with Gasteiger partial charge in [-0.1, -0.05) is 11.2 Å². The summed E-state index contributed by atoms with van der Waals surface area (Å²) in [7, 11) is 4.06. The highest BCUT2D eigenvalue weighted by molar-refractivity contribution is 5.90. The molecule has 0 saturated heterocycles. The number of aromatic carboxylic acids is 1. The van der Waals surface area contributed by atoms with E-state index >= 15 is 0 Å². The Balaban J connectivity index is 2.14. The second-order valence-corrected chi connectivity index (χ2v) is 4.90. The second kappa shape index (κ2) is 4.56. The van der Waals surface area contributed by atoms with E-state index in [-0.39, 0.29) is 5.69 Å². The average Bonchev–Trinajstić information content (AvgIpc) is 2.92. The van der Waals surface area contributed by atoms with Crippen LogP contribution in [0.2, 0.25) is 0 Å².